The zero-order chi connectivity index (χ0) is 11.5. The van der Waals surface area contributed by atoms with Gasteiger partial charge in [-0.3, -0.25) is 4.79 Å². The Morgan fingerprint density at radius 2 is 2.19 bits per heavy atom. The summed E-state index contributed by atoms with van der Waals surface area (Å²) in [6.45, 7) is 0.715. The minimum atomic E-state index is -0.799. The smallest absolute Gasteiger partial charge is 0.305 e. The first kappa shape index (κ1) is 10.6. The van der Waals surface area contributed by atoms with Gasteiger partial charge in [-0.05, 0) is 12.1 Å². The minimum absolute atomic E-state index is 0.116. The molecule has 0 bridgehead atoms. The number of rotatable bonds is 4. The highest BCUT2D eigenvalue weighted by Crippen LogP contribution is 2.35. The van der Waals surface area contributed by atoms with Crippen LogP contribution in [0.5, 0.6) is 11.5 Å². The van der Waals surface area contributed by atoms with Crippen LogP contribution < -0.4 is 14.4 Å². The highest BCUT2D eigenvalue weighted by molar-refractivity contribution is 5.68. The Kier molecular flexibility index (Phi) is 2.85. The summed E-state index contributed by atoms with van der Waals surface area (Å²) in [4.78, 5) is 12.3. The lowest BCUT2D eigenvalue weighted by atomic mass is 10.2. The molecule has 1 N–H and O–H groups in total. The van der Waals surface area contributed by atoms with Crippen LogP contribution in [0.15, 0.2) is 18.2 Å². The van der Waals surface area contributed by atoms with Crippen molar-refractivity contribution in [3.8, 4) is 11.5 Å². The second-order valence-corrected chi connectivity index (χ2v) is 3.60. The van der Waals surface area contributed by atoms with Crippen LogP contribution in [0.3, 0.4) is 0 Å². The van der Waals surface area contributed by atoms with Gasteiger partial charge >= 0.3 is 5.97 Å². The van der Waals surface area contributed by atoms with E-state index < -0.39 is 5.97 Å². The van der Waals surface area contributed by atoms with Crippen molar-refractivity contribution < 1.29 is 19.4 Å². The molecule has 86 valence electrons. The SMILES string of the molecule is CN(CCC(=O)O)c1ccc2c(c1)OCO2. The fourth-order valence-electron chi connectivity index (χ4n) is 1.52. The molecule has 2 rings (SSSR count). The van der Waals surface area contributed by atoms with Crippen LogP contribution in [0, 0.1) is 0 Å². The van der Waals surface area contributed by atoms with Crippen molar-refractivity contribution >= 4 is 11.7 Å². The van der Waals surface area contributed by atoms with Crippen LogP contribution >= 0.6 is 0 Å². The van der Waals surface area contributed by atoms with Crippen molar-refractivity contribution in [3.63, 3.8) is 0 Å². The zero-order valence-corrected chi connectivity index (χ0v) is 8.97. The Labute approximate surface area is 93.2 Å². The molecule has 0 spiro atoms. The molecule has 0 saturated carbocycles. The van der Waals surface area contributed by atoms with Gasteiger partial charge in [0, 0.05) is 25.3 Å². The van der Waals surface area contributed by atoms with Crippen molar-refractivity contribution in [1.82, 2.24) is 0 Å². The van der Waals surface area contributed by atoms with E-state index in [4.69, 9.17) is 14.6 Å². The lowest BCUT2D eigenvalue weighted by Gasteiger charge is -2.18. The van der Waals surface area contributed by atoms with Gasteiger partial charge in [-0.15, -0.1) is 0 Å². The summed E-state index contributed by atoms with van der Waals surface area (Å²) < 4.78 is 10.4. The standard InChI is InChI=1S/C11H13NO4/c1-12(5-4-11(13)14)8-2-3-9-10(6-8)16-7-15-9/h2-3,6H,4-5,7H2,1H3,(H,13,14). The summed E-state index contributed by atoms with van der Waals surface area (Å²) in [5.41, 5.74) is 0.922. The van der Waals surface area contributed by atoms with E-state index >= 15 is 0 Å². The van der Waals surface area contributed by atoms with Crippen molar-refractivity contribution in [2.45, 2.75) is 6.42 Å². The molecule has 0 fully saturated rings. The number of aliphatic carboxylic acids is 1. The molecule has 1 heterocycles. The van der Waals surface area contributed by atoms with Gasteiger partial charge in [0.25, 0.3) is 0 Å². The molecule has 5 heteroatoms. The van der Waals surface area contributed by atoms with Crippen molar-refractivity contribution in [2.24, 2.45) is 0 Å². The third-order valence-electron chi connectivity index (χ3n) is 2.46. The van der Waals surface area contributed by atoms with E-state index in [0.717, 1.165) is 11.4 Å². The molecule has 0 saturated heterocycles. The Hall–Kier alpha value is -1.91. The van der Waals surface area contributed by atoms with E-state index in [2.05, 4.69) is 0 Å². The maximum absolute atomic E-state index is 10.5. The Morgan fingerprint density at radius 1 is 1.44 bits per heavy atom. The summed E-state index contributed by atoms with van der Waals surface area (Å²) in [5, 5.41) is 8.59. The van der Waals surface area contributed by atoms with E-state index in [9.17, 15) is 4.79 Å². The minimum Gasteiger partial charge on any atom is -0.481 e. The average Bonchev–Trinajstić information content (AvgIpc) is 2.72. The van der Waals surface area contributed by atoms with Crippen LogP contribution in [0.1, 0.15) is 6.42 Å². The third kappa shape index (κ3) is 2.18. The molecule has 0 unspecified atom stereocenters. The molecule has 5 nitrogen and oxygen atoms in total. The fraction of sp³-hybridized carbons (Fsp3) is 0.364. The zero-order valence-electron chi connectivity index (χ0n) is 8.97. The fourth-order valence-corrected chi connectivity index (χ4v) is 1.52. The normalized spacial score (nSPS) is 12.6. The maximum Gasteiger partial charge on any atom is 0.305 e. The van der Waals surface area contributed by atoms with Gasteiger partial charge in [0.15, 0.2) is 11.5 Å². The first-order valence-corrected chi connectivity index (χ1v) is 4.99. The van der Waals surface area contributed by atoms with Crippen molar-refractivity contribution in [3.05, 3.63) is 18.2 Å². The van der Waals surface area contributed by atoms with Crippen LogP contribution in [0.2, 0.25) is 0 Å². The largest absolute Gasteiger partial charge is 0.481 e. The number of hydrogen-bond donors (Lipinski definition) is 1. The molecule has 0 radical (unpaired) electrons. The predicted molar refractivity (Wildman–Crippen MR) is 58.1 cm³/mol. The Bertz CT molecular complexity index is 405. The molecule has 0 aliphatic carbocycles. The molecule has 0 aromatic heterocycles. The number of hydrogen-bond acceptors (Lipinski definition) is 4. The number of ether oxygens (including phenoxy) is 2. The van der Waals surface area contributed by atoms with E-state index in [1.165, 1.54) is 0 Å². The number of carboxylic acid groups (broad SMARTS) is 1. The number of nitrogens with zero attached hydrogens (tertiary/aromatic N) is 1. The molecule has 1 aliphatic rings. The highest BCUT2D eigenvalue weighted by Gasteiger charge is 2.14. The summed E-state index contributed by atoms with van der Waals surface area (Å²) in [5.74, 6) is 0.641. The molecule has 1 aromatic carbocycles. The molecule has 1 aromatic rings. The quantitative estimate of drug-likeness (QED) is 0.834. The first-order valence-electron chi connectivity index (χ1n) is 4.99. The molecular formula is C11H13NO4. The van der Waals surface area contributed by atoms with E-state index in [-0.39, 0.29) is 13.2 Å². The van der Waals surface area contributed by atoms with Crippen molar-refractivity contribution in [1.29, 1.82) is 0 Å². The van der Waals surface area contributed by atoms with Gasteiger partial charge in [-0.25, -0.2) is 0 Å². The van der Waals surface area contributed by atoms with Gasteiger partial charge < -0.3 is 19.5 Å². The predicted octanol–water partition coefficient (Wildman–Crippen LogP) is 1.33. The first-order chi connectivity index (χ1) is 7.66. The number of carbonyl (C=O) groups is 1. The molecule has 16 heavy (non-hydrogen) atoms. The number of anilines is 1. The van der Waals surface area contributed by atoms with Gasteiger partial charge in [0.2, 0.25) is 6.79 Å². The molecular weight excluding hydrogens is 210 g/mol. The van der Waals surface area contributed by atoms with Gasteiger partial charge in [0.1, 0.15) is 0 Å². The summed E-state index contributed by atoms with van der Waals surface area (Å²) in [6.07, 6.45) is 0.116. The summed E-state index contributed by atoms with van der Waals surface area (Å²) >= 11 is 0. The molecule has 1 aliphatic heterocycles. The average molecular weight is 223 g/mol. The number of fused-ring (bicyclic) bond motifs is 1. The van der Waals surface area contributed by atoms with Gasteiger partial charge in [0.05, 0.1) is 6.42 Å². The monoisotopic (exact) mass is 223 g/mol. The summed E-state index contributed by atoms with van der Waals surface area (Å²) in [7, 11) is 1.85. The Morgan fingerprint density at radius 3 is 2.94 bits per heavy atom. The van der Waals surface area contributed by atoms with Gasteiger partial charge in [-0.1, -0.05) is 0 Å². The summed E-state index contributed by atoms with van der Waals surface area (Å²) in [6, 6.07) is 5.56. The molecule has 0 amide bonds. The van der Waals surface area contributed by atoms with E-state index in [1.54, 1.807) is 0 Å². The van der Waals surface area contributed by atoms with Crippen LogP contribution in [-0.2, 0) is 4.79 Å². The van der Waals surface area contributed by atoms with Crippen molar-refractivity contribution in [2.75, 3.05) is 25.3 Å². The van der Waals surface area contributed by atoms with Crippen LogP contribution in [0.4, 0.5) is 5.69 Å². The lowest BCUT2D eigenvalue weighted by molar-refractivity contribution is -0.136. The second-order valence-electron chi connectivity index (χ2n) is 3.60. The number of benzene rings is 1. The number of carboxylic acids is 1. The van der Waals surface area contributed by atoms with E-state index in [1.807, 2.05) is 30.1 Å². The lowest BCUT2D eigenvalue weighted by Crippen LogP contribution is -2.20. The maximum atomic E-state index is 10.5. The van der Waals surface area contributed by atoms with Crippen LogP contribution in [0.25, 0.3) is 0 Å². The molecule has 0 atom stereocenters. The third-order valence-corrected chi connectivity index (χ3v) is 2.46. The Balaban J connectivity index is 2.06. The highest BCUT2D eigenvalue weighted by atomic mass is 16.7. The van der Waals surface area contributed by atoms with Crippen LogP contribution in [-0.4, -0.2) is 31.5 Å². The second kappa shape index (κ2) is 4.30. The van der Waals surface area contributed by atoms with E-state index in [0.29, 0.717) is 12.3 Å². The van der Waals surface area contributed by atoms with Gasteiger partial charge in [-0.2, -0.15) is 0 Å². The topological polar surface area (TPSA) is 59.0 Å².